The van der Waals surface area contributed by atoms with Crippen LogP contribution in [0.15, 0.2) is 0 Å². The number of hydrogen-bond acceptors (Lipinski definition) is 2. The van der Waals surface area contributed by atoms with Crippen molar-refractivity contribution in [3.05, 3.63) is 0 Å². The van der Waals surface area contributed by atoms with Crippen LogP contribution in [-0.2, 0) is 9.59 Å². The quantitative estimate of drug-likeness (QED) is 0.586. The predicted molar refractivity (Wildman–Crippen MR) is 51.6 cm³/mol. The molecule has 3 aliphatic carbocycles. The van der Waals surface area contributed by atoms with Crippen molar-refractivity contribution >= 4 is 11.6 Å². The first kappa shape index (κ1) is 8.63. The minimum Gasteiger partial charge on any atom is -0.299 e. The van der Waals surface area contributed by atoms with Gasteiger partial charge in [-0.05, 0) is 31.1 Å². The maximum atomic E-state index is 11.9. The Kier molecular flexibility index (Phi) is 1.65. The van der Waals surface area contributed by atoms with Gasteiger partial charge >= 0.3 is 0 Å². The SMILES string of the molecule is CC1CC2CC3CCC(=O)C3C2C1=O. The van der Waals surface area contributed by atoms with Crippen LogP contribution < -0.4 is 0 Å². The zero-order valence-electron chi connectivity index (χ0n) is 8.53. The van der Waals surface area contributed by atoms with Gasteiger partial charge in [0.05, 0.1) is 0 Å². The van der Waals surface area contributed by atoms with Crippen molar-refractivity contribution in [1.82, 2.24) is 0 Å². The van der Waals surface area contributed by atoms with Crippen molar-refractivity contribution in [2.45, 2.75) is 32.6 Å². The monoisotopic (exact) mass is 192 g/mol. The number of carbonyl (C=O) groups is 2. The molecule has 3 fully saturated rings. The molecule has 76 valence electrons. The van der Waals surface area contributed by atoms with Crippen molar-refractivity contribution in [3.8, 4) is 0 Å². The average molecular weight is 192 g/mol. The molecule has 0 heterocycles. The molecule has 0 saturated heterocycles. The summed E-state index contributed by atoms with van der Waals surface area (Å²) in [6.45, 7) is 2.02. The number of carbonyl (C=O) groups excluding carboxylic acids is 2. The summed E-state index contributed by atoms with van der Waals surface area (Å²) in [6.07, 6.45) is 3.99. The van der Waals surface area contributed by atoms with Gasteiger partial charge in [0, 0.05) is 24.2 Å². The van der Waals surface area contributed by atoms with Gasteiger partial charge in [0.25, 0.3) is 0 Å². The molecular weight excluding hydrogens is 176 g/mol. The van der Waals surface area contributed by atoms with Gasteiger partial charge in [0.15, 0.2) is 0 Å². The van der Waals surface area contributed by atoms with Crippen molar-refractivity contribution in [2.75, 3.05) is 0 Å². The zero-order chi connectivity index (χ0) is 9.87. The summed E-state index contributed by atoms with van der Waals surface area (Å²) in [5.74, 6) is 2.37. The van der Waals surface area contributed by atoms with Gasteiger partial charge < -0.3 is 0 Å². The highest BCUT2D eigenvalue weighted by Gasteiger charge is 2.56. The van der Waals surface area contributed by atoms with Gasteiger partial charge in [-0.25, -0.2) is 0 Å². The van der Waals surface area contributed by atoms with Crippen molar-refractivity contribution < 1.29 is 9.59 Å². The number of fused-ring (bicyclic) bond motifs is 3. The van der Waals surface area contributed by atoms with Crippen molar-refractivity contribution in [3.63, 3.8) is 0 Å². The molecule has 5 unspecified atom stereocenters. The highest BCUT2D eigenvalue weighted by Crippen LogP contribution is 2.55. The van der Waals surface area contributed by atoms with Crippen LogP contribution in [0.5, 0.6) is 0 Å². The molecule has 3 saturated carbocycles. The molecule has 3 rings (SSSR count). The van der Waals surface area contributed by atoms with Crippen molar-refractivity contribution in [1.29, 1.82) is 0 Å². The normalized spacial score (nSPS) is 51.1. The molecule has 0 bridgehead atoms. The lowest BCUT2D eigenvalue weighted by Gasteiger charge is -2.14. The Morgan fingerprint density at radius 3 is 2.64 bits per heavy atom. The lowest BCUT2D eigenvalue weighted by Crippen LogP contribution is -2.25. The lowest BCUT2D eigenvalue weighted by molar-refractivity contribution is -0.130. The first-order chi connectivity index (χ1) is 6.68. The minimum atomic E-state index is 0.130. The molecule has 3 aliphatic rings. The van der Waals surface area contributed by atoms with E-state index in [9.17, 15) is 9.59 Å². The van der Waals surface area contributed by atoms with E-state index >= 15 is 0 Å². The Morgan fingerprint density at radius 2 is 1.86 bits per heavy atom. The van der Waals surface area contributed by atoms with E-state index in [1.165, 1.54) is 0 Å². The fraction of sp³-hybridized carbons (Fsp3) is 0.833. The molecule has 0 aromatic carbocycles. The van der Waals surface area contributed by atoms with E-state index < -0.39 is 0 Å². The number of rotatable bonds is 0. The third-order valence-electron chi connectivity index (χ3n) is 4.61. The summed E-state index contributed by atoms with van der Waals surface area (Å²) in [5, 5.41) is 0. The third-order valence-corrected chi connectivity index (χ3v) is 4.61. The Hall–Kier alpha value is -0.660. The van der Waals surface area contributed by atoms with Crippen molar-refractivity contribution in [2.24, 2.45) is 29.6 Å². The molecular formula is C12H16O2. The van der Waals surface area contributed by atoms with E-state index in [0.29, 0.717) is 23.4 Å². The second-order valence-corrected chi connectivity index (χ2v) is 5.35. The van der Waals surface area contributed by atoms with E-state index in [1.54, 1.807) is 0 Å². The van der Waals surface area contributed by atoms with Gasteiger partial charge in [0.1, 0.15) is 11.6 Å². The summed E-state index contributed by atoms with van der Waals surface area (Å²) in [7, 11) is 0. The molecule has 2 nitrogen and oxygen atoms in total. The molecule has 14 heavy (non-hydrogen) atoms. The minimum absolute atomic E-state index is 0.130. The summed E-state index contributed by atoms with van der Waals surface area (Å²) >= 11 is 0. The summed E-state index contributed by atoms with van der Waals surface area (Å²) in [5.41, 5.74) is 0. The fourth-order valence-electron chi connectivity index (χ4n) is 4.07. The molecule has 0 spiro atoms. The Labute approximate surface area is 84.1 Å². The van der Waals surface area contributed by atoms with Crippen LogP contribution in [0.25, 0.3) is 0 Å². The van der Waals surface area contributed by atoms with Gasteiger partial charge in [-0.1, -0.05) is 6.92 Å². The topological polar surface area (TPSA) is 34.1 Å². The van der Waals surface area contributed by atoms with Crippen LogP contribution in [0.2, 0.25) is 0 Å². The summed E-state index contributed by atoms with van der Waals surface area (Å²) in [4.78, 5) is 23.6. The van der Waals surface area contributed by atoms with Crippen LogP contribution in [0.3, 0.4) is 0 Å². The number of Topliss-reactive ketones (excluding diaryl/α,β-unsaturated/α-hetero) is 2. The Morgan fingerprint density at radius 1 is 1.07 bits per heavy atom. The van der Waals surface area contributed by atoms with E-state index in [0.717, 1.165) is 25.7 Å². The maximum Gasteiger partial charge on any atom is 0.139 e. The molecule has 5 atom stereocenters. The molecule has 0 radical (unpaired) electrons. The van der Waals surface area contributed by atoms with Crippen LogP contribution in [-0.4, -0.2) is 11.6 Å². The van der Waals surface area contributed by atoms with Crippen LogP contribution in [0, 0.1) is 29.6 Å². The Balaban J connectivity index is 1.94. The van der Waals surface area contributed by atoms with Gasteiger partial charge in [0.2, 0.25) is 0 Å². The van der Waals surface area contributed by atoms with Gasteiger partial charge in [-0.3, -0.25) is 9.59 Å². The Bertz CT molecular complexity index is 307. The highest BCUT2D eigenvalue weighted by atomic mass is 16.1. The maximum absolute atomic E-state index is 11.9. The number of hydrogen-bond donors (Lipinski definition) is 0. The van der Waals surface area contributed by atoms with E-state index in [2.05, 4.69) is 0 Å². The number of ketones is 2. The van der Waals surface area contributed by atoms with Gasteiger partial charge in [-0.15, -0.1) is 0 Å². The predicted octanol–water partition coefficient (Wildman–Crippen LogP) is 1.83. The molecule has 0 N–H and O–H groups in total. The summed E-state index contributed by atoms with van der Waals surface area (Å²) < 4.78 is 0. The smallest absolute Gasteiger partial charge is 0.139 e. The molecule has 0 aromatic rings. The lowest BCUT2D eigenvalue weighted by atomic mass is 9.87. The largest absolute Gasteiger partial charge is 0.299 e. The van der Waals surface area contributed by atoms with Crippen LogP contribution in [0.4, 0.5) is 0 Å². The second-order valence-electron chi connectivity index (χ2n) is 5.35. The molecule has 2 heteroatoms. The highest BCUT2D eigenvalue weighted by molar-refractivity contribution is 5.94. The van der Waals surface area contributed by atoms with Gasteiger partial charge in [-0.2, -0.15) is 0 Å². The van der Waals surface area contributed by atoms with E-state index in [4.69, 9.17) is 0 Å². The average Bonchev–Trinajstić information content (AvgIpc) is 2.71. The first-order valence-electron chi connectivity index (χ1n) is 5.75. The summed E-state index contributed by atoms with van der Waals surface area (Å²) in [6, 6.07) is 0. The first-order valence-corrected chi connectivity index (χ1v) is 5.75. The van der Waals surface area contributed by atoms with Crippen LogP contribution >= 0.6 is 0 Å². The second kappa shape index (κ2) is 2.68. The van der Waals surface area contributed by atoms with E-state index in [-0.39, 0.29) is 17.8 Å². The third kappa shape index (κ3) is 0.918. The molecule has 0 amide bonds. The van der Waals surface area contributed by atoms with E-state index in [1.807, 2.05) is 6.92 Å². The zero-order valence-corrected chi connectivity index (χ0v) is 8.53. The van der Waals surface area contributed by atoms with Crippen LogP contribution in [0.1, 0.15) is 32.6 Å². The molecule has 0 aliphatic heterocycles. The molecule has 0 aromatic heterocycles. The fourth-order valence-corrected chi connectivity index (χ4v) is 4.07. The standard InChI is InChI=1S/C12H16O2/c1-6-4-8-5-7-2-3-9(13)10(7)11(8)12(6)14/h6-8,10-11H,2-5H2,1H3.